The van der Waals surface area contributed by atoms with Gasteiger partial charge in [-0.3, -0.25) is 14.4 Å². The Morgan fingerprint density at radius 2 is 1.62 bits per heavy atom. The van der Waals surface area contributed by atoms with Crippen LogP contribution in [0.4, 0.5) is 5.69 Å². The summed E-state index contributed by atoms with van der Waals surface area (Å²) in [6, 6.07) is 2.63. The van der Waals surface area contributed by atoms with E-state index < -0.39 is 113 Å². The largest absolute Gasteiger partial charge is 0.465 e. The Labute approximate surface area is 471 Å². The van der Waals surface area contributed by atoms with Gasteiger partial charge in [0.05, 0.1) is 65.7 Å². The van der Waals surface area contributed by atoms with Crippen LogP contribution in [-0.2, 0) is 47.5 Å². The van der Waals surface area contributed by atoms with Crippen molar-refractivity contribution < 1.29 is 72.7 Å². The summed E-state index contributed by atoms with van der Waals surface area (Å²) < 4.78 is 51.7. The maximum atomic E-state index is 14.6. The maximum absolute atomic E-state index is 14.6. The molecule has 1 aromatic heterocycles. The molecule has 3 saturated heterocycles. The monoisotopic (exact) mass is 1140 g/mol. The number of nitrogens with one attached hydrogen (secondary N) is 2. The van der Waals surface area contributed by atoms with Gasteiger partial charge in [0, 0.05) is 75.3 Å². The van der Waals surface area contributed by atoms with Crippen LogP contribution >= 0.6 is 11.6 Å². The predicted octanol–water partition coefficient (Wildman–Crippen LogP) is 4.63. The van der Waals surface area contributed by atoms with E-state index in [4.69, 9.17) is 49.5 Å². The molecular formula is C57H92ClN5O16. The molecule has 0 unspecified atom stereocenters. The van der Waals surface area contributed by atoms with Crippen LogP contribution in [0.5, 0.6) is 0 Å². The van der Waals surface area contributed by atoms with Crippen LogP contribution in [0.1, 0.15) is 131 Å². The molecule has 22 heteroatoms. The first-order chi connectivity index (χ1) is 37.0. The van der Waals surface area contributed by atoms with E-state index in [9.17, 15) is 39.6 Å². The standard InChI is InChI=1S/C57H92ClN5O16/c1-16-43-57(10,71)49(67)34(6)62(13)28-30(2)26-55(8,70)50(79-54-47(66)42(61(11)12)23-31(3)74-54)32(4)48(33(5)52(68)76-43)78-45-27-56(9,73-15)51(35(7)75-45)77-44(64)19-20-59-21-22-60-40-24-37-41(25-39(40)58)63(36-17-18-36)29-38(46(37)65)53(69)72-14/h24-25,29-36,42-43,45,47-51,54,59-60,66-67,70-71H,16-23,26-28H2,1-15H3/t30-,31-,32+,33-,34-,35+,42+,43-,45+,47-,48+,49-,50-,51+,54+,55-,56-,57-/m1/s1. The van der Waals surface area contributed by atoms with Gasteiger partial charge >= 0.3 is 17.9 Å². The lowest BCUT2D eigenvalue weighted by Crippen LogP contribution is -2.61. The van der Waals surface area contributed by atoms with E-state index >= 15 is 0 Å². The number of carbonyl (C=O) groups excluding carboxylic acids is 3. The Morgan fingerprint density at radius 3 is 2.24 bits per heavy atom. The van der Waals surface area contributed by atoms with E-state index in [0.717, 1.165) is 12.8 Å². The minimum Gasteiger partial charge on any atom is -0.465 e. The number of hydrogen-bond donors (Lipinski definition) is 6. The van der Waals surface area contributed by atoms with Crippen molar-refractivity contribution in [3.05, 3.63) is 39.1 Å². The van der Waals surface area contributed by atoms with Gasteiger partial charge in [-0.05, 0) is 120 Å². The minimum atomic E-state index is -1.87. The van der Waals surface area contributed by atoms with Gasteiger partial charge in [0.25, 0.3) is 0 Å². The number of ether oxygens (including phenoxy) is 8. The Balaban J connectivity index is 1.17. The third kappa shape index (κ3) is 15.0. The lowest BCUT2D eigenvalue weighted by molar-refractivity contribution is -0.318. The molecule has 0 amide bonds. The van der Waals surface area contributed by atoms with E-state index in [-0.39, 0.29) is 61.9 Å². The lowest BCUT2D eigenvalue weighted by atomic mass is 9.77. The summed E-state index contributed by atoms with van der Waals surface area (Å²) in [5.74, 6) is -4.10. The molecule has 21 nitrogen and oxygen atoms in total. The highest BCUT2D eigenvalue weighted by molar-refractivity contribution is 6.34. The molecule has 6 N–H and O–H groups in total. The quantitative estimate of drug-likeness (QED) is 0.0717. The van der Waals surface area contributed by atoms with Crippen LogP contribution < -0.4 is 16.1 Å². The van der Waals surface area contributed by atoms with Crippen LogP contribution in [0.15, 0.2) is 23.1 Å². The summed E-state index contributed by atoms with van der Waals surface area (Å²) in [6.45, 7) is 19.0. The summed E-state index contributed by atoms with van der Waals surface area (Å²) in [5.41, 5.74) is -4.01. The Bertz CT molecular complexity index is 2460. The summed E-state index contributed by atoms with van der Waals surface area (Å²) in [6.07, 6.45) is -5.75. The molecule has 4 aliphatic rings. The van der Waals surface area contributed by atoms with Crippen molar-refractivity contribution in [1.82, 2.24) is 19.7 Å². The molecule has 4 heterocycles. The molecule has 3 aliphatic heterocycles. The normalized spacial score (nSPS) is 37.5. The third-order valence-corrected chi connectivity index (χ3v) is 17.3. The maximum Gasteiger partial charge on any atom is 0.343 e. The fourth-order valence-corrected chi connectivity index (χ4v) is 12.4. The second-order valence-electron chi connectivity index (χ2n) is 23.9. The van der Waals surface area contributed by atoms with E-state index in [0.29, 0.717) is 47.7 Å². The zero-order valence-electron chi connectivity index (χ0n) is 49.2. The number of halogens is 1. The number of carbonyl (C=O) groups is 3. The van der Waals surface area contributed by atoms with Crippen molar-refractivity contribution in [2.24, 2.45) is 17.8 Å². The number of aliphatic hydroxyl groups excluding tert-OH is 2. The highest BCUT2D eigenvalue weighted by atomic mass is 35.5. The van der Waals surface area contributed by atoms with Gasteiger partial charge in [-0.2, -0.15) is 0 Å². The first kappa shape index (κ1) is 64.6. The highest BCUT2D eigenvalue weighted by Gasteiger charge is 2.54. The first-order valence-corrected chi connectivity index (χ1v) is 28.5. The molecule has 2 aromatic rings. The second kappa shape index (κ2) is 26.8. The fourth-order valence-electron chi connectivity index (χ4n) is 12.2. The molecule has 1 aromatic carbocycles. The highest BCUT2D eigenvalue weighted by Crippen LogP contribution is 2.42. The predicted molar refractivity (Wildman–Crippen MR) is 297 cm³/mol. The number of hydrogen-bond acceptors (Lipinski definition) is 20. The molecule has 79 heavy (non-hydrogen) atoms. The average molecular weight is 1140 g/mol. The summed E-state index contributed by atoms with van der Waals surface area (Å²) in [7, 11) is 8.31. The van der Waals surface area contributed by atoms with Gasteiger partial charge in [0.1, 0.15) is 35.1 Å². The van der Waals surface area contributed by atoms with Crippen LogP contribution in [0.25, 0.3) is 10.9 Å². The first-order valence-electron chi connectivity index (χ1n) is 28.2. The Hall–Kier alpha value is -3.55. The molecular weight excluding hydrogens is 1050 g/mol. The fraction of sp³-hybridized carbons (Fsp3) is 0.789. The van der Waals surface area contributed by atoms with E-state index in [1.54, 1.807) is 66.8 Å². The van der Waals surface area contributed by atoms with E-state index in [1.807, 2.05) is 49.4 Å². The van der Waals surface area contributed by atoms with E-state index in [1.165, 1.54) is 21.1 Å². The topological polar surface area (TPSA) is 259 Å². The van der Waals surface area contributed by atoms with E-state index in [2.05, 4.69) is 10.6 Å². The summed E-state index contributed by atoms with van der Waals surface area (Å²) >= 11 is 6.69. The summed E-state index contributed by atoms with van der Waals surface area (Å²) in [5, 5.41) is 55.4. The van der Waals surface area contributed by atoms with Gasteiger partial charge < -0.3 is 83.3 Å². The molecule has 4 fully saturated rings. The zero-order chi connectivity index (χ0) is 58.6. The summed E-state index contributed by atoms with van der Waals surface area (Å²) in [4.78, 5) is 57.8. The molecule has 1 saturated carbocycles. The van der Waals surface area contributed by atoms with Crippen molar-refractivity contribution in [2.75, 3.05) is 66.9 Å². The molecule has 0 bridgehead atoms. The van der Waals surface area contributed by atoms with Crippen molar-refractivity contribution >= 4 is 46.1 Å². The van der Waals surface area contributed by atoms with Crippen molar-refractivity contribution in [1.29, 1.82) is 0 Å². The van der Waals surface area contributed by atoms with Crippen molar-refractivity contribution in [3.8, 4) is 0 Å². The molecule has 0 radical (unpaired) electrons. The second-order valence-corrected chi connectivity index (χ2v) is 24.3. The third-order valence-electron chi connectivity index (χ3n) is 17.0. The number of esters is 3. The van der Waals surface area contributed by atoms with Gasteiger partial charge in [-0.15, -0.1) is 0 Å². The van der Waals surface area contributed by atoms with Gasteiger partial charge in [0.15, 0.2) is 18.7 Å². The van der Waals surface area contributed by atoms with Crippen molar-refractivity contribution in [2.45, 2.75) is 211 Å². The number of cyclic esters (lactones) is 1. The number of pyridine rings is 1. The van der Waals surface area contributed by atoms with Crippen LogP contribution in [-0.4, -0.2) is 205 Å². The van der Waals surface area contributed by atoms with Gasteiger partial charge in [0.2, 0.25) is 5.43 Å². The number of benzene rings is 1. The van der Waals surface area contributed by atoms with Gasteiger partial charge in [-0.25, -0.2) is 4.79 Å². The number of methoxy groups -OCH3 is 2. The van der Waals surface area contributed by atoms with Crippen LogP contribution in [0, 0.1) is 17.8 Å². The molecule has 18 atom stereocenters. The van der Waals surface area contributed by atoms with Crippen LogP contribution in [0.3, 0.4) is 0 Å². The minimum absolute atomic E-state index is 0.00117. The number of rotatable bonds is 17. The Morgan fingerprint density at radius 1 is 0.937 bits per heavy atom. The van der Waals surface area contributed by atoms with Crippen LogP contribution in [0.2, 0.25) is 5.02 Å². The smallest absolute Gasteiger partial charge is 0.343 e. The Kier molecular flexibility index (Phi) is 21.9. The number of nitrogens with zero attached hydrogens (tertiary/aromatic N) is 3. The van der Waals surface area contributed by atoms with Crippen molar-refractivity contribution in [3.63, 3.8) is 0 Å². The lowest BCUT2D eigenvalue weighted by Gasteiger charge is -2.49. The SMILES string of the molecule is CC[C@H]1OC(=O)[C@H](C)[C@@H](O[C@H]2C[C@@](C)(OC)[C@@H](OC(=O)CCNCCNc3cc4c(=O)c(C(=O)OC)cn(C5CC5)c4cc3Cl)[C@H](C)O2)[C@H](C)[C@@H](O[C@@H]2O[C@H](C)C[C@H](N(C)C)[C@H]2O)[C@](C)(O)C[C@@H](C)CN(C)[C@H](C)[C@@H](O)[C@]1(C)O. The number of anilines is 1. The number of likely N-dealkylation sites (N-methyl/N-ethyl adjacent to an activating group) is 2. The number of aromatic nitrogens is 1. The van der Waals surface area contributed by atoms with Gasteiger partial charge in [-0.1, -0.05) is 32.4 Å². The number of fused-ring (bicyclic) bond motifs is 1. The number of aliphatic hydroxyl groups is 4. The zero-order valence-corrected chi connectivity index (χ0v) is 49.9. The molecule has 448 valence electrons. The average Bonchev–Trinajstić information content (AvgIpc) is 4.46. The molecule has 1 aliphatic carbocycles. The molecule has 6 rings (SSSR count). The molecule has 0 spiro atoms.